The molecule has 0 unspecified atom stereocenters. The largest absolute Gasteiger partial charge is 0.417 e. The van der Waals surface area contributed by atoms with Crippen LogP contribution in [-0.4, -0.2) is 0 Å². The van der Waals surface area contributed by atoms with E-state index in [-0.39, 0.29) is 5.56 Å². The quantitative estimate of drug-likeness (QED) is 0.840. The number of nitrogen functional groups attached to an aromatic ring is 1. The summed E-state index contributed by atoms with van der Waals surface area (Å²) in [4.78, 5) is 1.19. The molecule has 0 radical (unpaired) electrons. The SMILES string of the molecule is N#Cc1ccc(Sc2ccc(N)cc2)cc1C(F)(F)F. The van der Waals surface area contributed by atoms with Gasteiger partial charge in [0.2, 0.25) is 0 Å². The number of rotatable bonds is 2. The molecule has 102 valence electrons. The van der Waals surface area contributed by atoms with E-state index >= 15 is 0 Å². The van der Waals surface area contributed by atoms with E-state index in [1.807, 2.05) is 0 Å². The number of benzene rings is 2. The molecule has 0 aromatic heterocycles. The smallest absolute Gasteiger partial charge is 0.399 e. The standard InChI is InChI=1S/C14H9F3N2S/c15-14(16,17)13-7-12(4-1-9(13)8-18)20-11-5-2-10(19)3-6-11/h1-7H,19H2. The Balaban J connectivity index is 2.34. The van der Waals surface area contributed by atoms with Crippen LogP contribution < -0.4 is 5.73 Å². The molecule has 2 aromatic rings. The van der Waals surface area contributed by atoms with E-state index in [2.05, 4.69) is 0 Å². The summed E-state index contributed by atoms with van der Waals surface area (Å²) in [5, 5.41) is 8.72. The number of anilines is 1. The van der Waals surface area contributed by atoms with Gasteiger partial charge in [-0.3, -0.25) is 0 Å². The van der Waals surface area contributed by atoms with Gasteiger partial charge in [0.25, 0.3) is 0 Å². The summed E-state index contributed by atoms with van der Waals surface area (Å²) in [7, 11) is 0. The highest BCUT2D eigenvalue weighted by atomic mass is 32.2. The molecule has 0 heterocycles. The van der Waals surface area contributed by atoms with Crippen LogP contribution in [-0.2, 0) is 6.18 Å². The lowest BCUT2D eigenvalue weighted by atomic mass is 10.1. The molecule has 2 N–H and O–H groups in total. The molecule has 0 aliphatic carbocycles. The van der Waals surface area contributed by atoms with Gasteiger partial charge in [-0.05, 0) is 42.5 Å². The Labute approximate surface area is 118 Å². The van der Waals surface area contributed by atoms with Crippen molar-refractivity contribution in [2.24, 2.45) is 0 Å². The van der Waals surface area contributed by atoms with Gasteiger partial charge in [-0.2, -0.15) is 18.4 Å². The van der Waals surface area contributed by atoms with Gasteiger partial charge in [-0.15, -0.1) is 0 Å². The molecule has 0 spiro atoms. The fourth-order valence-electron chi connectivity index (χ4n) is 1.59. The summed E-state index contributed by atoms with van der Waals surface area (Å²) in [6.07, 6.45) is -4.54. The molecule has 2 nitrogen and oxygen atoms in total. The van der Waals surface area contributed by atoms with Crippen molar-refractivity contribution in [3.63, 3.8) is 0 Å². The molecule has 0 amide bonds. The monoisotopic (exact) mass is 294 g/mol. The van der Waals surface area contributed by atoms with Crippen LogP contribution >= 0.6 is 11.8 Å². The Bertz CT molecular complexity index is 658. The Morgan fingerprint density at radius 1 is 1.00 bits per heavy atom. The van der Waals surface area contributed by atoms with Crippen LogP contribution in [0.4, 0.5) is 18.9 Å². The third-order valence-electron chi connectivity index (χ3n) is 2.53. The molecular formula is C14H9F3N2S. The minimum absolute atomic E-state index is 0.376. The molecule has 2 aromatic carbocycles. The lowest BCUT2D eigenvalue weighted by molar-refractivity contribution is -0.137. The number of nitriles is 1. The van der Waals surface area contributed by atoms with Crippen molar-refractivity contribution in [1.29, 1.82) is 5.26 Å². The van der Waals surface area contributed by atoms with Crippen LogP contribution in [0.3, 0.4) is 0 Å². The van der Waals surface area contributed by atoms with Gasteiger partial charge >= 0.3 is 6.18 Å². The number of alkyl halides is 3. The number of nitrogens with zero attached hydrogens (tertiary/aromatic N) is 1. The molecular weight excluding hydrogens is 285 g/mol. The predicted octanol–water partition coefficient (Wildman–Crippen LogP) is 4.31. The van der Waals surface area contributed by atoms with Crippen molar-refractivity contribution in [2.75, 3.05) is 5.73 Å². The van der Waals surface area contributed by atoms with Crippen LogP contribution in [0.2, 0.25) is 0 Å². The van der Waals surface area contributed by atoms with E-state index in [1.165, 1.54) is 23.9 Å². The summed E-state index contributed by atoms with van der Waals surface area (Å²) in [6, 6.07) is 12.0. The molecule has 0 aliphatic rings. The van der Waals surface area contributed by atoms with Gasteiger partial charge in [0.05, 0.1) is 17.2 Å². The average Bonchev–Trinajstić information content (AvgIpc) is 2.40. The summed E-state index contributed by atoms with van der Waals surface area (Å²) >= 11 is 1.18. The first-order valence-corrected chi connectivity index (χ1v) is 6.36. The van der Waals surface area contributed by atoms with E-state index < -0.39 is 11.7 Å². The third-order valence-corrected chi connectivity index (χ3v) is 3.53. The maximum absolute atomic E-state index is 12.8. The first-order valence-electron chi connectivity index (χ1n) is 5.55. The van der Waals surface area contributed by atoms with Crippen LogP contribution in [0.1, 0.15) is 11.1 Å². The summed E-state index contributed by atoms with van der Waals surface area (Å²) < 4.78 is 38.5. The van der Waals surface area contributed by atoms with Gasteiger partial charge in [0.1, 0.15) is 0 Å². The predicted molar refractivity (Wildman–Crippen MR) is 71.1 cm³/mol. The van der Waals surface area contributed by atoms with E-state index in [1.54, 1.807) is 30.3 Å². The average molecular weight is 294 g/mol. The van der Waals surface area contributed by atoms with Crippen LogP contribution in [0.25, 0.3) is 0 Å². The number of hydrogen-bond donors (Lipinski definition) is 1. The Kier molecular flexibility index (Phi) is 3.91. The highest BCUT2D eigenvalue weighted by molar-refractivity contribution is 7.99. The number of halogens is 3. The maximum Gasteiger partial charge on any atom is 0.417 e. The zero-order chi connectivity index (χ0) is 14.8. The van der Waals surface area contributed by atoms with Gasteiger partial charge < -0.3 is 5.73 Å². The van der Waals surface area contributed by atoms with Crippen molar-refractivity contribution in [3.8, 4) is 6.07 Å². The minimum atomic E-state index is -4.54. The van der Waals surface area contributed by atoms with E-state index in [0.717, 1.165) is 11.0 Å². The zero-order valence-corrected chi connectivity index (χ0v) is 10.9. The Morgan fingerprint density at radius 3 is 2.15 bits per heavy atom. The van der Waals surface area contributed by atoms with Crippen molar-refractivity contribution in [1.82, 2.24) is 0 Å². The molecule has 0 atom stereocenters. The highest BCUT2D eigenvalue weighted by Crippen LogP contribution is 2.36. The molecule has 0 bridgehead atoms. The van der Waals surface area contributed by atoms with Crippen molar-refractivity contribution >= 4 is 17.4 Å². The highest BCUT2D eigenvalue weighted by Gasteiger charge is 2.33. The Morgan fingerprint density at radius 2 is 1.60 bits per heavy atom. The summed E-state index contributed by atoms with van der Waals surface area (Å²) in [5.74, 6) is 0. The normalized spacial score (nSPS) is 11.1. The van der Waals surface area contributed by atoms with Gasteiger partial charge in [0, 0.05) is 15.5 Å². The second-order valence-corrected chi connectivity index (χ2v) is 5.13. The second-order valence-electron chi connectivity index (χ2n) is 3.99. The van der Waals surface area contributed by atoms with Crippen molar-refractivity contribution in [3.05, 3.63) is 53.6 Å². The molecule has 20 heavy (non-hydrogen) atoms. The lowest BCUT2D eigenvalue weighted by Crippen LogP contribution is -2.07. The number of nitrogens with two attached hydrogens (primary N) is 1. The maximum atomic E-state index is 12.8. The van der Waals surface area contributed by atoms with Crippen molar-refractivity contribution < 1.29 is 13.2 Å². The molecule has 0 aliphatic heterocycles. The van der Waals surface area contributed by atoms with E-state index in [9.17, 15) is 13.2 Å². The minimum Gasteiger partial charge on any atom is -0.399 e. The van der Waals surface area contributed by atoms with Crippen LogP contribution in [0.5, 0.6) is 0 Å². The lowest BCUT2D eigenvalue weighted by Gasteiger charge is -2.10. The van der Waals surface area contributed by atoms with Crippen LogP contribution in [0, 0.1) is 11.3 Å². The molecule has 2 rings (SSSR count). The summed E-state index contributed by atoms with van der Waals surface area (Å²) in [6.45, 7) is 0. The molecule has 0 fully saturated rings. The van der Waals surface area contributed by atoms with Gasteiger partial charge in [-0.25, -0.2) is 0 Å². The fourth-order valence-corrected chi connectivity index (χ4v) is 2.45. The van der Waals surface area contributed by atoms with E-state index in [4.69, 9.17) is 11.0 Å². The topological polar surface area (TPSA) is 49.8 Å². The van der Waals surface area contributed by atoms with Crippen LogP contribution in [0.15, 0.2) is 52.3 Å². The van der Waals surface area contributed by atoms with E-state index in [0.29, 0.717) is 10.6 Å². The molecule has 0 saturated heterocycles. The third kappa shape index (κ3) is 3.25. The van der Waals surface area contributed by atoms with Gasteiger partial charge in [0.15, 0.2) is 0 Å². The first kappa shape index (κ1) is 14.3. The summed E-state index contributed by atoms with van der Waals surface area (Å²) in [5.41, 5.74) is 4.84. The first-order chi connectivity index (χ1) is 9.40. The molecule has 0 saturated carbocycles. The zero-order valence-electron chi connectivity index (χ0n) is 10.1. The molecule has 6 heteroatoms. The Hall–Kier alpha value is -2.13. The fraction of sp³-hybridized carbons (Fsp3) is 0.0714. The number of hydrogen-bond acceptors (Lipinski definition) is 3. The second kappa shape index (κ2) is 5.47. The van der Waals surface area contributed by atoms with Crippen molar-refractivity contribution in [2.45, 2.75) is 16.0 Å². The van der Waals surface area contributed by atoms with Gasteiger partial charge in [-0.1, -0.05) is 11.8 Å².